The van der Waals surface area contributed by atoms with Gasteiger partial charge in [0.25, 0.3) is 5.91 Å². The van der Waals surface area contributed by atoms with Crippen molar-refractivity contribution >= 4 is 23.2 Å². The van der Waals surface area contributed by atoms with Crippen LogP contribution >= 0.6 is 11.6 Å². The number of rotatable bonds is 6. The van der Waals surface area contributed by atoms with Gasteiger partial charge < -0.3 is 10.1 Å². The Bertz CT molecular complexity index is 988. The number of anilines is 1. The van der Waals surface area contributed by atoms with Gasteiger partial charge in [-0.1, -0.05) is 23.7 Å². The van der Waals surface area contributed by atoms with Crippen molar-refractivity contribution in [1.82, 2.24) is 9.78 Å². The summed E-state index contributed by atoms with van der Waals surface area (Å²) in [6.07, 6.45) is 0. The minimum absolute atomic E-state index is 0.0264. The number of hydrogen-bond donors (Lipinski definition) is 1. The maximum Gasteiger partial charge on any atom is 0.387 e. The predicted octanol–water partition coefficient (Wildman–Crippen LogP) is 5.06. The van der Waals surface area contributed by atoms with Gasteiger partial charge in [0.15, 0.2) is 0 Å². The zero-order chi connectivity index (χ0) is 20.3. The molecule has 1 amide bonds. The first-order valence-corrected chi connectivity index (χ1v) is 8.86. The molecule has 28 heavy (non-hydrogen) atoms. The minimum atomic E-state index is -2.89. The Hall–Kier alpha value is -2.93. The molecule has 1 heterocycles. The number of amides is 1. The first-order chi connectivity index (χ1) is 13.3. The average molecular weight is 406 g/mol. The van der Waals surface area contributed by atoms with Crippen molar-refractivity contribution in [2.75, 3.05) is 5.32 Å². The van der Waals surface area contributed by atoms with Gasteiger partial charge in [0, 0.05) is 11.3 Å². The lowest BCUT2D eigenvalue weighted by molar-refractivity contribution is -0.0498. The third-order valence-corrected chi connectivity index (χ3v) is 4.70. The molecule has 5 nitrogen and oxygen atoms in total. The van der Waals surface area contributed by atoms with E-state index >= 15 is 0 Å². The van der Waals surface area contributed by atoms with Crippen LogP contribution in [0.15, 0.2) is 48.5 Å². The van der Waals surface area contributed by atoms with Gasteiger partial charge in [-0.25, -0.2) is 0 Å². The quantitative estimate of drug-likeness (QED) is 0.624. The summed E-state index contributed by atoms with van der Waals surface area (Å²) < 4.78 is 30.5. The van der Waals surface area contributed by atoms with Crippen LogP contribution in [0.5, 0.6) is 5.75 Å². The fraction of sp³-hybridized carbons (Fsp3) is 0.200. The topological polar surface area (TPSA) is 56.2 Å². The molecule has 0 saturated carbocycles. The highest BCUT2D eigenvalue weighted by molar-refractivity contribution is 6.31. The number of ether oxygens (including phenoxy) is 1. The summed E-state index contributed by atoms with van der Waals surface area (Å²) in [6.45, 7) is 1.33. The number of aromatic nitrogens is 2. The summed E-state index contributed by atoms with van der Waals surface area (Å²) in [4.78, 5) is 12.5. The molecule has 0 aliphatic rings. The van der Waals surface area contributed by atoms with Crippen LogP contribution in [0.1, 0.15) is 27.3 Å². The molecule has 146 valence electrons. The van der Waals surface area contributed by atoms with E-state index in [9.17, 15) is 13.6 Å². The maximum absolute atomic E-state index is 12.5. The number of carbonyl (C=O) groups is 1. The van der Waals surface area contributed by atoms with Crippen LogP contribution in [0.4, 0.5) is 14.5 Å². The Morgan fingerprint density at radius 3 is 2.54 bits per heavy atom. The molecular weight excluding hydrogens is 388 g/mol. The molecule has 2 aromatic carbocycles. The van der Waals surface area contributed by atoms with E-state index in [0.29, 0.717) is 22.8 Å². The second kappa shape index (κ2) is 8.39. The zero-order valence-electron chi connectivity index (χ0n) is 15.2. The highest BCUT2D eigenvalue weighted by Gasteiger charge is 2.12. The molecule has 0 spiro atoms. The molecule has 0 saturated heterocycles. The third kappa shape index (κ3) is 4.67. The van der Waals surface area contributed by atoms with Crippen molar-refractivity contribution < 1.29 is 18.3 Å². The van der Waals surface area contributed by atoms with Gasteiger partial charge in [-0.05, 0) is 55.8 Å². The van der Waals surface area contributed by atoms with Gasteiger partial charge in [0.2, 0.25) is 0 Å². The fourth-order valence-corrected chi connectivity index (χ4v) is 2.87. The standard InChI is InChI=1S/C20H18ClF2N3O2/c1-12-18(21)13(2)26(25-12)11-14-4-3-5-15(10-14)19(27)24-16-6-8-17(9-7-16)28-20(22)23/h3-10,20H,11H2,1-2H3,(H,24,27). The van der Waals surface area contributed by atoms with Crippen molar-refractivity contribution in [3.8, 4) is 5.75 Å². The largest absolute Gasteiger partial charge is 0.435 e. The van der Waals surface area contributed by atoms with Crippen LogP contribution in [0.3, 0.4) is 0 Å². The average Bonchev–Trinajstić information content (AvgIpc) is 2.90. The minimum Gasteiger partial charge on any atom is -0.435 e. The molecular formula is C20H18ClF2N3O2. The molecule has 3 rings (SSSR count). The number of hydrogen-bond acceptors (Lipinski definition) is 3. The maximum atomic E-state index is 12.5. The fourth-order valence-electron chi connectivity index (χ4n) is 2.74. The smallest absolute Gasteiger partial charge is 0.387 e. The number of aryl methyl sites for hydroxylation is 1. The Balaban J connectivity index is 1.70. The van der Waals surface area contributed by atoms with Crippen LogP contribution in [0.2, 0.25) is 5.02 Å². The molecule has 8 heteroatoms. The molecule has 0 bridgehead atoms. The van der Waals surface area contributed by atoms with E-state index in [2.05, 4.69) is 15.2 Å². The summed E-state index contributed by atoms with van der Waals surface area (Å²) in [5.41, 5.74) is 3.46. The Kier molecular flexibility index (Phi) is 5.94. The number of nitrogens with zero attached hydrogens (tertiary/aromatic N) is 2. The molecule has 0 fully saturated rings. The van der Waals surface area contributed by atoms with Gasteiger partial charge >= 0.3 is 6.61 Å². The van der Waals surface area contributed by atoms with Crippen LogP contribution < -0.4 is 10.1 Å². The highest BCUT2D eigenvalue weighted by Crippen LogP contribution is 2.21. The second-order valence-electron chi connectivity index (χ2n) is 6.20. The van der Waals surface area contributed by atoms with E-state index in [1.165, 1.54) is 24.3 Å². The summed E-state index contributed by atoms with van der Waals surface area (Å²) in [5.74, 6) is -0.283. The lowest BCUT2D eigenvalue weighted by atomic mass is 10.1. The summed E-state index contributed by atoms with van der Waals surface area (Å²) in [6, 6.07) is 12.9. The number of nitrogens with one attached hydrogen (secondary N) is 1. The molecule has 0 aliphatic carbocycles. The van der Waals surface area contributed by atoms with Crippen LogP contribution in [-0.2, 0) is 6.54 Å². The van der Waals surface area contributed by atoms with Crippen LogP contribution in [0, 0.1) is 13.8 Å². The number of carbonyl (C=O) groups excluding carboxylic acids is 1. The van der Waals surface area contributed by atoms with E-state index in [0.717, 1.165) is 17.0 Å². The third-order valence-electron chi connectivity index (χ3n) is 4.15. The van der Waals surface area contributed by atoms with Gasteiger partial charge in [0.05, 0.1) is 23.0 Å². The van der Waals surface area contributed by atoms with E-state index in [1.807, 2.05) is 19.9 Å². The number of benzene rings is 2. The van der Waals surface area contributed by atoms with Crippen molar-refractivity contribution in [2.24, 2.45) is 0 Å². The summed E-state index contributed by atoms with van der Waals surface area (Å²) >= 11 is 6.18. The molecule has 3 aromatic rings. The Morgan fingerprint density at radius 2 is 1.93 bits per heavy atom. The summed E-state index contributed by atoms with van der Waals surface area (Å²) in [7, 11) is 0. The lowest BCUT2D eigenvalue weighted by Crippen LogP contribution is -2.13. The summed E-state index contributed by atoms with van der Waals surface area (Å²) in [5, 5.41) is 7.76. The van der Waals surface area contributed by atoms with Gasteiger partial charge in [-0.3, -0.25) is 9.48 Å². The zero-order valence-corrected chi connectivity index (χ0v) is 16.0. The first kappa shape index (κ1) is 19.8. The molecule has 1 aromatic heterocycles. The van der Waals surface area contributed by atoms with Gasteiger partial charge in [0.1, 0.15) is 5.75 Å². The Labute approximate surface area is 165 Å². The van der Waals surface area contributed by atoms with E-state index in [-0.39, 0.29) is 11.7 Å². The van der Waals surface area contributed by atoms with Crippen molar-refractivity contribution in [3.05, 3.63) is 76.1 Å². The van der Waals surface area contributed by atoms with E-state index < -0.39 is 6.61 Å². The lowest BCUT2D eigenvalue weighted by Gasteiger charge is -2.09. The molecule has 0 unspecified atom stereocenters. The van der Waals surface area contributed by atoms with Crippen molar-refractivity contribution in [3.63, 3.8) is 0 Å². The van der Waals surface area contributed by atoms with Crippen LogP contribution in [0.25, 0.3) is 0 Å². The highest BCUT2D eigenvalue weighted by atomic mass is 35.5. The monoisotopic (exact) mass is 405 g/mol. The molecule has 0 atom stereocenters. The number of halogens is 3. The second-order valence-corrected chi connectivity index (χ2v) is 6.58. The normalized spacial score (nSPS) is 10.9. The van der Waals surface area contributed by atoms with E-state index in [4.69, 9.17) is 11.6 Å². The SMILES string of the molecule is Cc1nn(Cc2cccc(C(=O)Nc3ccc(OC(F)F)cc3)c2)c(C)c1Cl. The van der Waals surface area contributed by atoms with Gasteiger partial charge in [-0.15, -0.1) is 0 Å². The van der Waals surface area contributed by atoms with Crippen molar-refractivity contribution in [2.45, 2.75) is 27.0 Å². The molecule has 0 aliphatic heterocycles. The Morgan fingerprint density at radius 1 is 1.21 bits per heavy atom. The van der Waals surface area contributed by atoms with Crippen LogP contribution in [-0.4, -0.2) is 22.3 Å². The molecule has 1 N–H and O–H groups in total. The molecule has 0 radical (unpaired) electrons. The number of alkyl halides is 2. The van der Waals surface area contributed by atoms with Gasteiger partial charge in [-0.2, -0.15) is 13.9 Å². The van der Waals surface area contributed by atoms with Crippen molar-refractivity contribution in [1.29, 1.82) is 0 Å². The first-order valence-electron chi connectivity index (χ1n) is 8.48. The van der Waals surface area contributed by atoms with E-state index in [1.54, 1.807) is 22.9 Å². The predicted molar refractivity (Wildman–Crippen MR) is 103 cm³/mol.